The Hall–Kier alpha value is -10.0. The molecule has 9 heteroatoms. The number of para-hydroxylation sites is 6. The fraction of sp³-hybridized carbons (Fsp3) is 0.0139. The summed E-state index contributed by atoms with van der Waals surface area (Å²) in [5.41, 5.74) is 16.1. The van der Waals surface area contributed by atoms with Gasteiger partial charge in [-0.15, -0.1) is 22.7 Å². The van der Waals surface area contributed by atoms with Gasteiger partial charge in [-0.05, 0) is 159 Å². The third-order valence-electron chi connectivity index (χ3n) is 16.2. The van der Waals surface area contributed by atoms with Crippen LogP contribution in [0.25, 0.3) is 67.1 Å². The van der Waals surface area contributed by atoms with Gasteiger partial charge in [0.25, 0.3) is 0 Å². The lowest BCUT2D eigenvalue weighted by Crippen LogP contribution is -2.23. The van der Waals surface area contributed by atoms with Gasteiger partial charge in [0.1, 0.15) is 16.1 Å². The van der Waals surface area contributed by atoms with Crippen LogP contribution >= 0.6 is 22.7 Å². The number of anilines is 9. The van der Waals surface area contributed by atoms with Gasteiger partial charge in [0.05, 0.1) is 39.7 Å². The predicted molar refractivity (Wildman–Crippen MR) is 331 cm³/mol. The second-order valence-electron chi connectivity index (χ2n) is 20.7. The molecule has 382 valence electrons. The van der Waals surface area contributed by atoms with Gasteiger partial charge in [-0.1, -0.05) is 140 Å². The Morgan fingerprint density at radius 1 is 0.358 bits per heavy atom. The number of carbonyl (C=O) groups excluding carboxylic acids is 3. The lowest BCUT2D eigenvalue weighted by Gasteiger charge is -2.39. The fourth-order valence-electron chi connectivity index (χ4n) is 12.5. The number of hydrogen-bond donors (Lipinski definition) is 1. The molecule has 10 aromatic carbocycles. The van der Waals surface area contributed by atoms with E-state index in [4.69, 9.17) is 0 Å². The number of carbonyl (C=O) groups is 3. The Balaban J connectivity index is 0.717. The second kappa shape index (κ2) is 18.3. The maximum absolute atomic E-state index is 14.5. The van der Waals surface area contributed by atoms with Crippen molar-refractivity contribution in [3.8, 4) is 33.4 Å². The molecule has 7 nitrogen and oxygen atoms in total. The first-order valence-corrected chi connectivity index (χ1v) is 28.5. The average Bonchev–Trinajstić information content (AvgIpc) is 4.49. The first-order chi connectivity index (χ1) is 39.8. The lowest BCUT2D eigenvalue weighted by molar-refractivity contribution is 0.0986. The van der Waals surface area contributed by atoms with Crippen molar-refractivity contribution in [1.29, 1.82) is 0 Å². The van der Waals surface area contributed by atoms with Crippen molar-refractivity contribution >= 4 is 124 Å². The zero-order valence-electron chi connectivity index (χ0n) is 43.1. The van der Waals surface area contributed by atoms with Gasteiger partial charge in [-0.3, -0.25) is 19.3 Å². The maximum Gasteiger partial charge on any atom is 0.197 e. The van der Waals surface area contributed by atoms with E-state index in [1.807, 2.05) is 91.0 Å². The highest BCUT2D eigenvalue weighted by Gasteiger charge is 2.37. The van der Waals surface area contributed by atoms with Crippen LogP contribution in [0, 0.1) is 0 Å². The van der Waals surface area contributed by atoms with Gasteiger partial charge in [-0.25, -0.2) is 0 Å². The van der Waals surface area contributed by atoms with Crippen molar-refractivity contribution in [3.05, 3.63) is 280 Å². The van der Waals surface area contributed by atoms with Gasteiger partial charge < -0.3 is 14.9 Å². The Labute approximate surface area is 474 Å². The van der Waals surface area contributed by atoms with Gasteiger partial charge >= 0.3 is 0 Å². The molecule has 0 radical (unpaired) electrons. The number of benzene rings is 10. The van der Waals surface area contributed by atoms with Crippen molar-refractivity contribution in [2.24, 2.45) is 0 Å². The van der Waals surface area contributed by atoms with Crippen LogP contribution in [-0.4, -0.2) is 22.5 Å². The third-order valence-corrected chi connectivity index (χ3v) is 18.2. The minimum atomic E-state index is -1.11. The third kappa shape index (κ3) is 7.33. The highest BCUT2D eigenvalue weighted by atomic mass is 32.1. The number of nitrogens with zero attached hydrogens (tertiary/aromatic N) is 3. The van der Waals surface area contributed by atoms with E-state index in [2.05, 4.69) is 166 Å². The molecule has 1 unspecified atom stereocenters. The molecule has 4 heterocycles. The normalized spacial score (nSPS) is 15.3. The highest BCUT2D eigenvalue weighted by molar-refractivity contribution is 7.17. The van der Waals surface area contributed by atoms with Crippen molar-refractivity contribution in [1.82, 2.24) is 0 Å². The molecule has 0 spiro atoms. The van der Waals surface area contributed by atoms with Gasteiger partial charge in [0.15, 0.2) is 17.3 Å². The summed E-state index contributed by atoms with van der Waals surface area (Å²) in [6, 6.07) is 80.6. The summed E-state index contributed by atoms with van der Waals surface area (Å²) in [5, 5.41) is 17.8. The average molecular weight is 1080 g/mol. The van der Waals surface area contributed by atoms with Crippen LogP contribution in [0.4, 0.5) is 49.8 Å². The van der Waals surface area contributed by atoms with Crippen LogP contribution in [0.3, 0.4) is 0 Å². The van der Waals surface area contributed by atoms with E-state index in [0.29, 0.717) is 27.8 Å². The molecule has 0 bridgehead atoms. The van der Waals surface area contributed by atoms with Crippen LogP contribution < -0.4 is 14.7 Å². The number of ketones is 3. The van der Waals surface area contributed by atoms with E-state index < -0.39 is 6.10 Å². The number of thiophene rings is 2. The number of aliphatic hydroxyl groups excluding tert-OH is 1. The summed E-state index contributed by atoms with van der Waals surface area (Å²) in [6.45, 7) is 0. The first-order valence-electron chi connectivity index (χ1n) is 26.8. The zero-order chi connectivity index (χ0) is 54.0. The molecule has 0 amide bonds. The molecular weight excluding hydrogens is 1030 g/mol. The van der Waals surface area contributed by atoms with E-state index in [1.54, 1.807) is 17.4 Å². The summed E-state index contributed by atoms with van der Waals surface area (Å²) in [7, 11) is 0. The van der Waals surface area contributed by atoms with Gasteiger partial charge in [-0.2, -0.15) is 0 Å². The molecule has 2 aliphatic carbocycles. The number of hydrogen-bond acceptors (Lipinski definition) is 9. The Kier molecular flexibility index (Phi) is 10.6. The minimum absolute atomic E-state index is 0.172. The summed E-state index contributed by atoms with van der Waals surface area (Å²) < 4.78 is 0. The molecular formula is C72H43N3O4S2. The predicted octanol–water partition coefficient (Wildman–Crippen LogP) is 18.9. The Morgan fingerprint density at radius 2 is 0.815 bits per heavy atom. The molecule has 1 atom stereocenters. The number of aliphatic hydroxyl groups is 1. The van der Waals surface area contributed by atoms with Crippen molar-refractivity contribution in [3.63, 3.8) is 0 Å². The number of rotatable bonds is 6. The van der Waals surface area contributed by atoms with E-state index in [9.17, 15) is 19.5 Å². The first kappa shape index (κ1) is 47.0. The molecule has 4 aliphatic rings. The lowest BCUT2D eigenvalue weighted by atomic mass is 9.94. The molecule has 81 heavy (non-hydrogen) atoms. The molecule has 2 aromatic heterocycles. The summed E-state index contributed by atoms with van der Waals surface area (Å²) in [5.74, 6) is -0.667. The van der Waals surface area contributed by atoms with Crippen LogP contribution in [0.2, 0.25) is 0 Å². The number of Topliss-reactive ketones (excluding diaryl/α,β-unsaturated/α-hetero) is 3. The molecule has 2 aliphatic heterocycles. The quantitative estimate of drug-likeness (QED) is 0.131. The SMILES string of the molecule is O=C1C(=Cc2ccc(N3c4ccccc4N(c4cccc(-c5cccc6cc7c(cc56)C(O)/C(=C/c5ccc(N6c8ccccc8-c8ccccc8-c8ccccc86)s5)C7=O)c4)c4ccccc43)s2)C(=O)c2cc3ccccc3cc21. The van der Waals surface area contributed by atoms with Crippen LogP contribution in [-0.2, 0) is 0 Å². The molecule has 16 rings (SSSR count). The van der Waals surface area contributed by atoms with Crippen LogP contribution in [0.1, 0.15) is 52.5 Å². The van der Waals surface area contributed by atoms with E-state index in [1.165, 1.54) is 22.5 Å². The highest BCUT2D eigenvalue weighted by Crippen LogP contribution is 2.56. The van der Waals surface area contributed by atoms with Gasteiger partial charge in [0, 0.05) is 48.8 Å². The van der Waals surface area contributed by atoms with Gasteiger partial charge in [0.2, 0.25) is 0 Å². The standard InChI is InChI=1S/C72H43N3O4S2/c76-69-55-36-42-15-1-2-16-43(42)37-56(55)70(77)59(69)39-48-32-34-68(81-48)75-65-29-11-9-27-63(65)73(64-28-10-12-30-66(64)75)46-19-13-17-44(35-46)49-24-14-18-45-38-57-58(41-54(45)49)72(79)60(71(57)78)40-47-31-33-67(80-47)74-61-25-7-5-22-52(61)50-20-3-4-21-51(50)53-23-6-8-26-62(53)74/h1-41,72,79H/b60-40+. The van der Waals surface area contributed by atoms with E-state index in [-0.39, 0.29) is 22.9 Å². The molecule has 0 fully saturated rings. The summed E-state index contributed by atoms with van der Waals surface area (Å²) in [6.07, 6.45) is 2.50. The molecule has 12 aromatic rings. The van der Waals surface area contributed by atoms with E-state index >= 15 is 0 Å². The second-order valence-corrected chi connectivity index (χ2v) is 22.9. The van der Waals surface area contributed by atoms with Crippen molar-refractivity contribution < 1.29 is 19.5 Å². The molecule has 0 saturated carbocycles. The topological polar surface area (TPSA) is 81.2 Å². The fourth-order valence-corrected chi connectivity index (χ4v) is 14.5. The number of allylic oxidation sites excluding steroid dienone is 1. The molecule has 1 N–H and O–H groups in total. The van der Waals surface area contributed by atoms with Crippen molar-refractivity contribution in [2.45, 2.75) is 6.10 Å². The largest absolute Gasteiger partial charge is 0.383 e. The Morgan fingerprint density at radius 3 is 1.41 bits per heavy atom. The van der Waals surface area contributed by atoms with E-state index in [0.717, 1.165) is 103 Å². The zero-order valence-corrected chi connectivity index (χ0v) is 44.7. The monoisotopic (exact) mass is 1080 g/mol. The Bertz CT molecular complexity index is 4620. The van der Waals surface area contributed by atoms with Crippen molar-refractivity contribution in [2.75, 3.05) is 14.7 Å². The minimum Gasteiger partial charge on any atom is -0.383 e. The maximum atomic E-state index is 14.5. The van der Waals surface area contributed by atoms with Crippen LogP contribution in [0.15, 0.2) is 248 Å². The summed E-state index contributed by atoms with van der Waals surface area (Å²) >= 11 is 3.12. The smallest absolute Gasteiger partial charge is 0.197 e. The molecule has 0 saturated heterocycles. The number of fused-ring (bicyclic) bond motifs is 11. The summed E-state index contributed by atoms with van der Waals surface area (Å²) in [4.78, 5) is 50.5. The van der Waals surface area contributed by atoms with Crippen LogP contribution in [0.5, 0.6) is 0 Å².